The van der Waals surface area contributed by atoms with E-state index in [1.165, 1.54) is 5.56 Å². The summed E-state index contributed by atoms with van der Waals surface area (Å²) in [5.74, 6) is 0.953. The second-order valence-electron chi connectivity index (χ2n) is 19.3. The molecular weight excluding hydrogens is 723 g/mol. The summed E-state index contributed by atoms with van der Waals surface area (Å²) < 4.78 is 9.14. The fourth-order valence-electron chi connectivity index (χ4n) is 8.87. The number of furan rings is 1. The number of pyridine rings is 1. The monoisotopic (exact) mass is 771 g/mol. The highest BCUT2D eigenvalue weighted by Gasteiger charge is 2.30. The van der Waals surface area contributed by atoms with Crippen LogP contribution in [0.3, 0.4) is 0 Å². The number of imidazole rings is 1. The van der Waals surface area contributed by atoms with Crippen molar-refractivity contribution in [1.29, 1.82) is 0 Å². The summed E-state index contributed by atoms with van der Waals surface area (Å²) in [5, 5.41) is 16.8. The van der Waals surface area contributed by atoms with E-state index in [1.54, 1.807) is 0 Å². The summed E-state index contributed by atoms with van der Waals surface area (Å²) in [5.41, 5.74) is 13.9. The first-order chi connectivity index (χ1) is 28.1. The highest BCUT2D eigenvalue weighted by molar-refractivity contribution is 6.29. The third-order valence-corrected chi connectivity index (χ3v) is 12.1. The van der Waals surface area contributed by atoms with Crippen molar-refractivity contribution in [1.82, 2.24) is 14.4 Å². The van der Waals surface area contributed by atoms with E-state index in [0.29, 0.717) is 11.4 Å². The highest BCUT2D eigenvalue weighted by Crippen LogP contribution is 2.49. The SMILES string of the molecule is CC(C)(C)c1cc(-c2cc(-c3ccccc3)ccn2)cc(-c2cc3oc4cccc5c6ccccc6n6c(-c7cc(C(C)(C)C)cc(C(C)(C)C)c7O)nc2c6c3c45)c1. The largest absolute Gasteiger partial charge is 0.507 e. The number of para-hydroxylation sites is 1. The smallest absolute Gasteiger partial charge is 0.149 e. The van der Waals surface area contributed by atoms with Crippen molar-refractivity contribution in [2.45, 2.75) is 78.6 Å². The van der Waals surface area contributed by atoms with Crippen molar-refractivity contribution in [2.24, 2.45) is 0 Å². The molecule has 0 fully saturated rings. The van der Waals surface area contributed by atoms with Gasteiger partial charge in [-0.25, -0.2) is 4.98 Å². The number of hydrogen-bond acceptors (Lipinski definition) is 4. The van der Waals surface area contributed by atoms with Crippen molar-refractivity contribution in [3.63, 3.8) is 0 Å². The van der Waals surface area contributed by atoms with E-state index >= 15 is 0 Å². The van der Waals surface area contributed by atoms with Crippen LogP contribution in [0.15, 0.2) is 132 Å². The molecular formula is C54H49N3O2. The Morgan fingerprint density at radius 3 is 1.98 bits per heavy atom. The van der Waals surface area contributed by atoms with Gasteiger partial charge in [-0.15, -0.1) is 0 Å². The van der Waals surface area contributed by atoms with Crippen LogP contribution in [-0.2, 0) is 16.2 Å². The van der Waals surface area contributed by atoms with Crippen LogP contribution in [0.4, 0.5) is 0 Å². The maximum Gasteiger partial charge on any atom is 0.149 e. The van der Waals surface area contributed by atoms with E-state index in [2.05, 4.69) is 182 Å². The third kappa shape index (κ3) is 5.89. The number of fused-ring (bicyclic) bond motifs is 3. The number of phenolic OH excluding ortho intramolecular Hbond substituents is 1. The number of rotatable bonds is 4. The molecule has 6 aromatic carbocycles. The van der Waals surface area contributed by atoms with Gasteiger partial charge in [-0.3, -0.25) is 9.38 Å². The van der Waals surface area contributed by atoms with E-state index in [0.717, 1.165) is 93.9 Å². The van der Waals surface area contributed by atoms with Crippen LogP contribution >= 0.6 is 0 Å². The number of aromatic hydroxyl groups is 1. The van der Waals surface area contributed by atoms with Crippen LogP contribution in [0.1, 0.15) is 79.0 Å². The molecule has 0 spiro atoms. The lowest BCUT2D eigenvalue weighted by Gasteiger charge is -2.27. The molecule has 0 aliphatic rings. The van der Waals surface area contributed by atoms with Gasteiger partial charge in [-0.2, -0.15) is 0 Å². The molecule has 59 heavy (non-hydrogen) atoms. The normalized spacial score (nSPS) is 12.9. The molecule has 0 unspecified atom stereocenters. The maximum atomic E-state index is 12.5. The molecule has 1 N–H and O–H groups in total. The number of hydrogen-bond donors (Lipinski definition) is 1. The van der Waals surface area contributed by atoms with E-state index in [9.17, 15) is 5.11 Å². The lowest BCUT2D eigenvalue weighted by molar-refractivity contribution is 0.446. The first-order valence-electron chi connectivity index (χ1n) is 20.6. The molecule has 5 heteroatoms. The van der Waals surface area contributed by atoms with Gasteiger partial charge < -0.3 is 9.52 Å². The van der Waals surface area contributed by atoms with Crippen molar-refractivity contribution in [3.05, 3.63) is 144 Å². The summed E-state index contributed by atoms with van der Waals surface area (Å²) >= 11 is 0. The zero-order chi connectivity index (χ0) is 41.2. The lowest BCUT2D eigenvalue weighted by Crippen LogP contribution is -2.17. The average molecular weight is 772 g/mol. The molecule has 0 aliphatic carbocycles. The molecule has 292 valence electrons. The van der Waals surface area contributed by atoms with Gasteiger partial charge >= 0.3 is 0 Å². The van der Waals surface area contributed by atoms with Crippen LogP contribution in [0.25, 0.3) is 94.2 Å². The zero-order valence-electron chi connectivity index (χ0n) is 35.3. The molecule has 10 rings (SSSR count). The summed E-state index contributed by atoms with van der Waals surface area (Å²) in [6.45, 7) is 19.9. The molecule has 4 aromatic heterocycles. The molecule has 4 heterocycles. The molecule has 0 radical (unpaired) electrons. The first kappa shape index (κ1) is 36.9. The number of nitrogens with zero attached hydrogens (tertiary/aromatic N) is 3. The third-order valence-electron chi connectivity index (χ3n) is 12.1. The first-order valence-corrected chi connectivity index (χ1v) is 20.6. The Morgan fingerprint density at radius 1 is 0.542 bits per heavy atom. The Balaban J connectivity index is 1.36. The van der Waals surface area contributed by atoms with Gasteiger partial charge in [0, 0.05) is 33.7 Å². The Hall–Kier alpha value is -6.46. The topological polar surface area (TPSA) is 63.6 Å². The van der Waals surface area contributed by atoms with Gasteiger partial charge in [0.05, 0.1) is 33.2 Å². The van der Waals surface area contributed by atoms with Crippen molar-refractivity contribution in [2.75, 3.05) is 0 Å². The van der Waals surface area contributed by atoms with Crippen molar-refractivity contribution in [3.8, 4) is 50.6 Å². The lowest BCUT2D eigenvalue weighted by atomic mass is 9.79. The Labute approximate surface area is 345 Å². The van der Waals surface area contributed by atoms with Gasteiger partial charge in [0.15, 0.2) is 0 Å². The predicted molar refractivity (Wildman–Crippen MR) is 246 cm³/mol. The second-order valence-corrected chi connectivity index (χ2v) is 19.3. The molecule has 0 amide bonds. The van der Waals surface area contributed by atoms with Gasteiger partial charge in [0.1, 0.15) is 22.7 Å². The maximum absolute atomic E-state index is 12.5. The minimum absolute atomic E-state index is 0.159. The summed E-state index contributed by atoms with van der Waals surface area (Å²) in [6.07, 6.45) is 1.91. The van der Waals surface area contributed by atoms with Crippen LogP contribution < -0.4 is 0 Å². The minimum Gasteiger partial charge on any atom is -0.507 e. The summed E-state index contributed by atoms with van der Waals surface area (Å²) in [7, 11) is 0. The number of phenols is 1. The Morgan fingerprint density at radius 2 is 1.24 bits per heavy atom. The summed E-state index contributed by atoms with van der Waals surface area (Å²) in [6, 6.07) is 43.0. The quantitative estimate of drug-likeness (QED) is 0.194. The highest BCUT2D eigenvalue weighted by atomic mass is 16.3. The van der Waals surface area contributed by atoms with Gasteiger partial charge in [0.2, 0.25) is 0 Å². The molecule has 0 saturated heterocycles. The fraction of sp³-hybridized carbons (Fsp3) is 0.222. The van der Waals surface area contributed by atoms with E-state index in [4.69, 9.17) is 14.4 Å². The van der Waals surface area contributed by atoms with Crippen LogP contribution in [0, 0.1) is 0 Å². The molecule has 0 atom stereocenters. The second kappa shape index (κ2) is 12.8. The van der Waals surface area contributed by atoms with Gasteiger partial charge in [0.25, 0.3) is 0 Å². The standard InChI is InChI=1S/C54H49N3O2/c1-52(2,3)35-25-33(24-34(26-35)42-27-32(22-23-55-42)31-16-11-10-12-17-31)39-30-45-47-46-38(19-15-21-44(46)59-45)37-18-13-14-20-43(37)57-49(47)48(39)56-51(57)40-28-36(53(4,5)6)29-41(50(40)58)54(7,8)9/h10-30,58H,1-9H3. The van der Waals surface area contributed by atoms with Crippen LogP contribution in [0.2, 0.25) is 0 Å². The Bertz CT molecular complexity index is 3270. The van der Waals surface area contributed by atoms with E-state index < -0.39 is 0 Å². The molecule has 5 nitrogen and oxygen atoms in total. The van der Waals surface area contributed by atoms with E-state index in [1.807, 2.05) is 12.3 Å². The van der Waals surface area contributed by atoms with Crippen molar-refractivity contribution < 1.29 is 9.52 Å². The Kier molecular flexibility index (Phi) is 7.98. The fourth-order valence-corrected chi connectivity index (χ4v) is 8.87. The van der Waals surface area contributed by atoms with Crippen molar-refractivity contribution >= 4 is 49.3 Å². The van der Waals surface area contributed by atoms with Gasteiger partial charge in [-0.05, 0) is 98.0 Å². The number of benzene rings is 6. The van der Waals surface area contributed by atoms with E-state index in [-0.39, 0.29) is 22.0 Å². The van der Waals surface area contributed by atoms with Gasteiger partial charge in [-0.1, -0.05) is 135 Å². The summed E-state index contributed by atoms with van der Waals surface area (Å²) in [4.78, 5) is 10.6. The predicted octanol–water partition coefficient (Wildman–Crippen LogP) is 14.6. The zero-order valence-corrected chi connectivity index (χ0v) is 35.3. The molecule has 10 aromatic rings. The molecule has 0 saturated carbocycles. The minimum atomic E-state index is -0.316. The molecule has 0 aliphatic heterocycles. The molecule has 0 bridgehead atoms. The van der Waals surface area contributed by atoms with Crippen LogP contribution in [-0.4, -0.2) is 19.5 Å². The average Bonchev–Trinajstić information content (AvgIpc) is 3.74. The van der Waals surface area contributed by atoms with Crippen LogP contribution in [0.5, 0.6) is 5.75 Å². The number of aromatic nitrogens is 3.